The van der Waals surface area contributed by atoms with Crippen molar-refractivity contribution in [2.45, 2.75) is 44.6 Å². The van der Waals surface area contributed by atoms with Gasteiger partial charge in [-0.15, -0.1) is 0 Å². The van der Waals surface area contributed by atoms with E-state index < -0.39 is 5.97 Å². The minimum absolute atomic E-state index is 0.147. The van der Waals surface area contributed by atoms with Gasteiger partial charge in [-0.25, -0.2) is 9.78 Å². The van der Waals surface area contributed by atoms with Crippen molar-refractivity contribution in [3.05, 3.63) is 70.6 Å². The number of fused-ring (bicyclic) bond motifs is 1. The number of benzene rings is 2. The number of rotatable bonds is 4. The molecule has 0 N–H and O–H groups in total. The molecule has 27 heavy (non-hydrogen) atoms. The number of carbonyl (C=O) groups excluding carboxylic acids is 1. The van der Waals surface area contributed by atoms with Crippen molar-refractivity contribution in [1.82, 2.24) is 9.55 Å². The van der Waals surface area contributed by atoms with Gasteiger partial charge in [-0.3, -0.25) is 9.36 Å². The first-order valence-corrected chi connectivity index (χ1v) is 9.46. The zero-order valence-corrected chi connectivity index (χ0v) is 15.1. The van der Waals surface area contributed by atoms with E-state index in [1.54, 1.807) is 12.1 Å². The average molecular weight is 362 g/mol. The van der Waals surface area contributed by atoms with Gasteiger partial charge in [-0.1, -0.05) is 43.5 Å². The molecule has 0 spiro atoms. The van der Waals surface area contributed by atoms with Gasteiger partial charge in [0.05, 0.1) is 17.2 Å². The van der Waals surface area contributed by atoms with Gasteiger partial charge in [-0.05, 0) is 48.6 Å². The molecule has 0 atom stereocenters. The highest BCUT2D eigenvalue weighted by molar-refractivity contribution is 5.78. The molecular formula is C22H22N2O3. The average Bonchev–Trinajstić information content (AvgIpc) is 2.71. The first-order chi connectivity index (χ1) is 13.2. The molecule has 0 amide bonds. The van der Waals surface area contributed by atoms with Crippen LogP contribution in [-0.2, 0) is 11.3 Å². The maximum Gasteiger partial charge on any atom is 0.331 e. The number of ether oxygens (including phenoxy) is 1. The fourth-order valence-corrected chi connectivity index (χ4v) is 3.81. The summed E-state index contributed by atoms with van der Waals surface area (Å²) in [5, 5.41) is 0. The van der Waals surface area contributed by atoms with Crippen LogP contribution >= 0.6 is 0 Å². The summed E-state index contributed by atoms with van der Waals surface area (Å²) in [4.78, 5) is 28.6. The Morgan fingerprint density at radius 3 is 2.56 bits per heavy atom. The van der Waals surface area contributed by atoms with E-state index in [9.17, 15) is 9.59 Å². The molecule has 1 aromatic heterocycles. The van der Waals surface area contributed by atoms with Crippen LogP contribution in [-0.4, -0.2) is 15.5 Å². The van der Waals surface area contributed by atoms with Crippen LogP contribution in [0.4, 0.5) is 0 Å². The van der Waals surface area contributed by atoms with Crippen molar-refractivity contribution in [3.63, 3.8) is 0 Å². The number of esters is 1. The van der Waals surface area contributed by atoms with Crippen molar-refractivity contribution in [2.24, 2.45) is 0 Å². The van der Waals surface area contributed by atoms with Gasteiger partial charge in [0, 0.05) is 0 Å². The summed E-state index contributed by atoms with van der Waals surface area (Å²) in [7, 11) is 0. The largest absolute Gasteiger partial charge is 0.425 e. The summed E-state index contributed by atoms with van der Waals surface area (Å²) in [6.45, 7) is -0.147. The summed E-state index contributed by atoms with van der Waals surface area (Å²) >= 11 is 0. The summed E-state index contributed by atoms with van der Waals surface area (Å²) in [5.74, 6) is 0.648. The maximum atomic E-state index is 12.4. The van der Waals surface area contributed by atoms with Crippen LogP contribution in [0, 0.1) is 0 Å². The zero-order valence-electron chi connectivity index (χ0n) is 15.1. The van der Waals surface area contributed by atoms with Gasteiger partial charge in [0.2, 0.25) is 0 Å². The molecule has 1 aliphatic rings. The van der Waals surface area contributed by atoms with Crippen molar-refractivity contribution in [3.8, 4) is 5.75 Å². The van der Waals surface area contributed by atoms with Crippen LogP contribution in [0.5, 0.6) is 5.75 Å². The zero-order chi connectivity index (χ0) is 18.6. The Morgan fingerprint density at radius 1 is 1.04 bits per heavy atom. The second-order valence-corrected chi connectivity index (χ2v) is 7.05. The minimum atomic E-state index is -0.473. The monoisotopic (exact) mass is 362 g/mol. The smallest absolute Gasteiger partial charge is 0.331 e. The highest BCUT2D eigenvalue weighted by Gasteiger charge is 2.16. The molecular weight excluding hydrogens is 340 g/mol. The first-order valence-electron chi connectivity index (χ1n) is 9.46. The van der Waals surface area contributed by atoms with Crippen molar-refractivity contribution in [1.29, 1.82) is 0 Å². The predicted molar refractivity (Wildman–Crippen MR) is 104 cm³/mol. The SMILES string of the molecule is O=C(Cn1c(=O)cnc2ccccc21)Oc1ccc(C2CCCCC2)cc1. The fourth-order valence-electron chi connectivity index (χ4n) is 3.81. The van der Waals surface area contributed by atoms with Crippen molar-refractivity contribution < 1.29 is 9.53 Å². The molecule has 1 aliphatic carbocycles. The Hall–Kier alpha value is -2.95. The third-order valence-electron chi connectivity index (χ3n) is 5.23. The molecule has 5 nitrogen and oxygen atoms in total. The third kappa shape index (κ3) is 3.92. The lowest BCUT2D eigenvalue weighted by Crippen LogP contribution is -2.26. The Balaban J connectivity index is 1.47. The molecule has 5 heteroatoms. The maximum absolute atomic E-state index is 12.4. The Bertz CT molecular complexity index is 1000. The van der Waals surface area contributed by atoms with E-state index in [0.717, 1.165) is 0 Å². The van der Waals surface area contributed by atoms with E-state index in [2.05, 4.69) is 4.98 Å². The number of carbonyl (C=O) groups is 1. The fraction of sp³-hybridized carbons (Fsp3) is 0.318. The van der Waals surface area contributed by atoms with E-state index in [1.807, 2.05) is 36.4 Å². The summed E-state index contributed by atoms with van der Waals surface area (Å²) in [6, 6.07) is 15.0. The van der Waals surface area contributed by atoms with Gasteiger partial charge >= 0.3 is 5.97 Å². The van der Waals surface area contributed by atoms with Gasteiger partial charge < -0.3 is 4.74 Å². The van der Waals surface area contributed by atoms with E-state index in [1.165, 1.54) is 48.4 Å². The molecule has 0 saturated heterocycles. The molecule has 0 unspecified atom stereocenters. The number of hydrogen-bond donors (Lipinski definition) is 0. The second kappa shape index (κ2) is 7.74. The molecule has 1 fully saturated rings. The predicted octanol–water partition coefficient (Wildman–Crippen LogP) is 4.05. The molecule has 0 aliphatic heterocycles. The normalized spacial score (nSPS) is 15.0. The topological polar surface area (TPSA) is 61.2 Å². The van der Waals surface area contributed by atoms with E-state index >= 15 is 0 Å². The highest BCUT2D eigenvalue weighted by Crippen LogP contribution is 2.33. The summed E-state index contributed by atoms with van der Waals surface area (Å²) in [6.07, 6.45) is 7.60. The second-order valence-electron chi connectivity index (χ2n) is 7.05. The molecule has 3 aromatic rings. The minimum Gasteiger partial charge on any atom is -0.425 e. The van der Waals surface area contributed by atoms with E-state index in [4.69, 9.17) is 4.74 Å². The van der Waals surface area contributed by atoms with Gasteiger partial charge in [0.1, 0.15) is 12.3 Å². The molecule has 1 saturated carbocycles. The quantitative estimate of drug-likeness (QED) is 0.519. The third-order valence-corrected chi connectivity index (χ3v) is 5.23. The lowest BCUT2D eigenvalue weighted by Gasteiger charge is -2.22. The van der Waals surface area contributed by atoms with Crippen molar-refractivity contribution >= 4 is 17.0 Å². The van der Waals surface area contributed by atoms with Crippen LogP contribution in [0.15, 0.2) is 59.5 Å². The summed E-state index contributed by atoms with van der Waals surface area (Å²) < 4.78 is 6.84. The Kier molecular flexibility index (Phi) is 5.01. The van der Waals surface area contributed by atoms with Crippen LogP contribution in [0.25, 0.3) is 11.0 Å². The number of para-hydroxylation sites is 2. The van der Waals surface area contributed by atoms with E-state index in [-0.39, 0.29) is 12.1 Å². The molecule has 0 bridgehead atoms. The number of nitrogens with zero attached hydrogens (tertiary/aromatic N) is 2. The number of aromatic nitrogens is 2. The van der Waals surface area contributed by atoms with Crippen LogP contribution in [0.2, 0.25) is 0 Å². The van der Waals surface area contributed by atoms with Crippen LogP contribution < -0.4 is 10.3 Å². The summed E-state index contributed by atoms with van der Waals surface area (Å²) in [5.41, 5.74) is 2.28. The van der Waals surface area contributed by atoms with Crippen LogP contribution in [0.1, 0.15) is 43.6 Å². The molecule has 2 aromatic carbocycles. The van der Waals surface area contributed by atoms with Crippen LogP contribution in [0.3, 0.4) is 0 Å². The lowest BCUT2D eigenvalue weighted by molar-refractivity contribution is -0.135. The van der Waals surface area contributed by atoms with Gasteiger partial charge in [0.25, 0.3) is 5.56 Å². The lowest BCUT2D eigenvalue weighted by atomic mass is 9.84. The van der Waals surface area contributed by atoms with Gasteiger partial charge in [0.15, 0.2) is 0 Å². The molecule has 138 valence electrons. The van der Waals surface area contributed by atoms with Crippen molar-refractivity contribution in [2.75, 3.05) is 0 Å². The molecule has 1 heterocycles. The number of hydrogen-bond acceptors (Lipinski definition) is 4. The highest BCUT2D eigenvalue weighted by atomic mass is 16.5. The Morgan fingerprint density at radius 2 is 1.78 bits per heavy atom. The first kappa shape index (κ1) is 17.5. The molecule has 0 radical (unpaired) electrons. The molecule has 4 rings (SSSR count). The standard InChI is InChI=1S/C22H22N2O3/c25-21-14-23-19-8-4-5-9-20(19)24(21)15-22(26)27-18-12-10-17(11-13-18)16-6-2-1-3-7-16/h4-5,8-14,16H,1-3,6-7,15H2. The van der Waals surface area contributed by atoms with Gasteiger partial charge in [-0.2, -0.15) is 0 Å². The van der Waals surface area contributed by atoms with E-state index in [0.29, 0.717) is 22.7 Å². The Labute approximate surface area is 157 Å².